The molecule has 0 spiro atoms. The van der Waals surface area contributed by atoms with Gasteiger partial charge in [0, 0.05) is 17.0 Å². The number of hydrogen-bond donors (Lipinski definition) is 2. The zero-order valence-corrected chi connectivity index (χ0v) is 8.78. The molecule has 78 valence electrons. The molecule has 0 saturated heterocycles. The minimum Gasteiger partial charge on any atom is -0.508 e. The average molecular weight is 223 g/mol. The van der Waals surface area contributed by atoms with Gasteiger partial charge in [0.1, 0.15) is 11.4 Å². The van der Waals surface area contributed by atoms with Gasteiger partial charge in [-0.05, 0) is 24.3 Å². The maximum Gasteiger partial charge on any atom is 0.113 e. The van der Waals surface area contributed by atoms with Crippen molar-refractivity contribution in [1.29, 1.82) is 0 Å². The van der Waals surface area contributed by atoms with Gasteiger partial charge in [-0.1, -0.05) is 29.8 Å². The highest BCUT2D eigenvalue weighted by Gasteiger charge is 2.29. The fraction of sp³-hybridized carbons (Fsp3) is 0.167. The molecule has 0 aliphatic heterocycles. The van der Waals surface area contributed by atoms with Crippen LogP contribution in [0.4, 0.5) is 0 Å². The second-order valence-corrected chi connectivity index (χ2v) is 3.98. The fourth-order valence-electron chi connectivity index (χ4n) is 1.63. The van der Waals surface area contributed by atoms with E-state index in [2.05, 4.69) is 0 Å². The van der Waals surface area contributed by atoms with Crippen LogP contribution in [0.2, 0.25) is 5.02 Å². The number of hydrogen-bond acceptors (Lipinski definition) is 2. The second kappa shape index (κ2) is 3.72. The summed E-state index contributed by atoms with van der Waals surface area (Å²) in [6.45, 7) is 0. The van der Waals surface area contributed by atoms with Crippen LogP contribution in [0, 0.1) is 0 Å². The molecule has 1 unspecified atom stereocenters. The molecule has 1 aromatic carbocycles. The topological polar surface area (TPSA) is 40.5 Å². The van der Waals surface area contributed by atoms with E-state index in [1.165, 1.54) is 6.08 Å². The van der Waals surface area contributed by atoms with Crippen LogP contribution >= 0.6 is 11.6 Å². The van der Waals surface area contributed by atoms with Crippen molar-refractivity contribution in [2.45, 2.75) is 12.0 Å². The third-order valence-electron chi connectivity index (χ3n) is 2.49. The van der Waals surface area contributed by atoms with Gasteiger partial charge in [-0.3, -0.25) is 0 Å². The van der Waals surface area contributed by atoms with Crippen LogP contribution in [0.3, 0.4) is 0 Å². The second-order valence-electron chi connectivity index (χ2n) is 3.57. The summed E-state index contributed by atoms with van der Waals surface area (Å²) in [4.78, 5) is 0. The molecule has 1 aliphatic rings. The number of allylic oxidation sites excluding steroid dienone is 1. The molecule has 3 heteroatoms. The Bertz CT molecular complexity index is 437. The predicted octanol–water partition coefficient (Wildman–Crippen LogP) is 2.93. The molecule has 1 aliphatic carbocycles. The maximum atomic E-state index is 10.3. The van der Waals surface area contributed by atoms with Crippen molar-refractivity contribution in [2.24, 2.45) is 0 Å². The molecule has 1 aromatic rings. The predicted molar refractivity (Wildman–Crippen MR) is 59.8 cm³/mol. The first-order valence-corrected chi connectivity index (χ1v) is 5.05. The number of halogens is 1. The zero-order chi connectivity index (χ0) is 10.9. The highest BCUT2D eigenvalue weighted by molar-refractivity contribution is 6.31. The van der Waals surface area contributed by atoms with Gasteiger partial charge >= 0.3 is 0 Å². The standard InChI is InChI=1S/C12H11ClO2/c13-11-4-2-1-3-10(11)12(15)7-5-9(14)6-8-12/h1-7,14-15H,8H2. The van der Waals surface area contributed by atoms with Gasteiger partial charge in [-0.15, -0.1) is 0 Å². The SMILES string of the molecule is OC1=CCC(O)(c2ccccc2Cl)C=C1. The molecule has 0 radical (unpaired) electrons. The molecule has 0 bridgehead atoms. The highest BCUT2D eigenvalue weighted by Crippen LogP contribution is 2.34. The van der Waals surface area contributed by atoms with Crippen molar-refractivity contribution in [2.75, 3.05) is 0 Å². The van der Waals surface area contributed by atoms with E-state index in [-0.39, 0.29) is 5.76 Å². The van der Waals surface area contributed by atoms with Crippen molar-refractivity contribution in [3.05, 3.63) is 58.8 Å². The number of aliphatic hydroxyl groups excluding tert-OH is 1. The fourth-order valence-corrected chi connectivity index (χ4v) is 1.93. The molecule has 0 saturated carbocycles. The van der Waals surface area contributed by atoms with Gasteiger partial charge < -0.3 is 10.2 Å². The van der Waals surface area contributed by atoms with E-state index < -0.39 is 5.60 Å². The van der Waals surface area contributed by atoms with Crippen LogP contribution in [0.15, 0.2) is 48.3 Å². The number of rotatable bonds is 1. The van der Waals surface area contributed by atoms with Crippen LogP contribution in [-0.2, 0) is 5.60 Å². The average Bonchev–Trinajstić information content (AvgIpc) is 2.23. The molecule has 2 N–H and O–H groups in total. The number of benzene rings is 1. The minimum absolute atomic E-state index is 0.173. The van der Waals surface area contributed by atoms with Gasteiger partial charge in [-0.25, -0.2) is 0 Å². The van der Waals surface area contributed by atoms with Crippen molar-refractivity contribution < 1.29 is 10.2 Å². The molecule has 1 atom stereocenters. The smallest absolute Gasteiger partial charge is 0.113 e. The zero-order valence-electron chi connectivity index (χ0n) is 8.02. The molecule has 2 rings (SSSR count). The van der Waals surface area contributed by atoms with Crippen molar-refractivity contribution in [3.8, 4) is 0 Å². The van der Waals surface area contributed by atoms with Gasteiger partial charge in [0.25, 0.3) is 0 Å². The molecule has 2 nitrogen and oxygen atoms in total. The first-order chi connectivity index (χ1) is 7.12. The Morgan fingerprint density at radius 1 is 1.27 bits per heavy atom. The lowest BCUT2D eigenvalue weighted by molar-refractivity contribution is 0.0894. The molecular formula is C12H11ClO2. The van der Waals surface area contributed by atoms with E-state index in [1.807, 2.05) is 12.1 Å². The van der Waals surface area contributed by atoms with Gasteiger partial charge in [0.05, 0.1) is 0 Å². The maximum absolute atomic E-state index is 10.3. The summed E-state index contributed by atoms with van der Waals surface area (Å²) in [7, 11) is 0. The summed E-state index contributed by atoms with van der Waals surface area (Å²) >= 11 is 6.01. The molecular weight excluding hydrogens is 212 g/mol. The van der Waals surface area contributed by atoms with Crippen molar-refractivity contribution >= 4 is 11.6 Å². The minimum atomic E-state index is -1.11. The highest BCUT2D eigenvalue weighted by atomic mass is 35.5. The van der Waals surface area contributed by atoms with Gasteiger partial charge in [0.2, 0.25) is 0 Å². The normalized spacial score (nSPS) is 25.1. The van der Waals surface area contributed by atoms with E-state index in [1.54, 1.807) is 24.3 Å². The Morgan fingerprint density at radius 3 is 2.60 bits per heavy atom. The van der Waals surface area contributed by atoms with E-state index >= 15 is 0 Å². The van der Waals surface area contributed by atoms with Crippen molar-refractivity contribution in [3.63, 3.8) is 0 Å². The van der Waals surface area contributed by atoms with Crippen molar-refractivity contribution in [1.82, 2.24) is 0 Å². The molecule has 0 aromatic heterocycles. The molecule has 0 amide bonds. The van der Waals surface area contributed by atoms with E-state index in [9.17, 15) is 10.2 Å². The molecule has 15 heavy (non-hydrogen) atoms. The Kier molecular flexibility index (Phi) is 2.55. The lowest BCUT2D eigenvalue weighted by Crippen LogP contribution is -2.24. The van der Waals surface area contributed by atoms with Crippen LogP contribution < -0.4 is 0 Å². The third kappa shape index (κ3) is 1.91. The lowest BCUT2D eigenvalue weighted by Gasteiger charge is -2.26. The lowest BCUT2D eigenvalue weighted by atomic mass is 9.87. The van der Waals surface area contributed by atoms with E-state index in [0.29, 0.717) is 17.0 Å². The number of aliphatic hydroxyl groups is 2. The first kappa shape index (κ1) is 10.3. The summed E-state index contributed by atoms with van der Waals surface area (Å²) < 4.78 is 0. The van der Waals surface area contributed by atoms with Crippen LogP contribution in [0.25, 0.3) is 0 Å². The Hall–Kier alpha value is -1.25. The first-order valence-electron chi connectivity index (χ1n) is 4.67. The van der Waals surface area contributed by atoms with Crippen LogP contribution in [-0.4, -0.2) is 10.2 Å². The summed E-state index contributed by atoms with van der Waals surface area (Å²) in [5.74, 6) is 0.173. The van der Waals surface area contributed by atoms with Gasteiger partial charge in [-0.2, -0.15) is 0 Å². The largest absolute Gasteiger partial charge is 0.508 e. The molecule has 0 fully saturated rings. The summed E-state index contributed by atoms with van der Waals surface area (Å²) in [6.07, 6.45) is 4.94. The summed E-state index contributed by atoms with van der Waals surface area (Å²) in [5.41, 5.74) is -0.448. The summed E-state index contributed by atoms with van der Waals surface area (Å²) in [5, 5.41) is 20.0. The monoisotopic (exact) mass is 222 g/mol. The van der Waals surface area contributed by atoms with E-state index in [0.717, 1.165) is 0 Å². The third-order valence-corrected chi connectivity index (χ3v) is 2.82. The quantitative estimate of drug-likeness (QED) is 0.767. The van der Waals surface area contributed by atoms with Crippen LogP contribution in [0.1, 0.15) is 12.0 Å². The van der Waals surface area contributed by atoms with Crippen LogP contribution in [0.5, 0.6) is 0 Å². The Balaban J connectivity index is 2.40. The van der Waals surface area contributed by atoms with E-state index in [4.69, 9.17) is 11.6 Å². The Labute approximate surface area is 93.1 Å². The Morgan fingerprint density at radius 2 is 2.00 bits per heavy atom. The summed E-state index contributed by atoms with van der Waals surface area (Å²) in [6, 6.07) is 7.16. The van der Waals surface area contributed by atoms with Gasteiger partial charge in [0.15, 0.2) is 0 Å². The molecule has 0 heterocycles.